The summed E-state index contributed by atoms with van der Waals surface area (Å²) in [5, 5.41) is 3.64. The maximum atomic E-state index is 12.5. The Hall–Kier alpha value is -2.33. The number of hydrogen-bond acceptors (Lipinski definition) is 4. The van der Waals surface area contributed by atoms with Gasteiger partial charge in [-0.1, -0.05) is 56.3 Å². The fraction of sp³-hybridized carbons (Fsp3) is 0.409. The minimum absolute atomic E-state index is 0.0919. The van der Waals surface area contributed by atoms with Crippen LogP contribution in [0.4, 0.5) is 0 Å². The number of benzene rings is 2. The molecule has 1 N–H and O–H groups in total. The van der Waals surface area contributed by atoms with Gasteiger partial charge in [0.1, 0.15) is 5.75 Å². The molecule has 0 bridgehead atoms. The molecule has 0 saturated carbocycles. The van der Waals surface area contributed by atoms with E-state index in [1.54, 1.807) is 7.11 Å². The minimum Gasteiger partial charge on any atom is -0.497 e. The first kappa shape index (κ1) is 20.0. The third kappa shape index (κ3) is 4.85. The van der Waals surface area contributed by atoms with E-state index >= 15 is 0 Å². The number of esters is 1. The van der Waals surface area contributed by atoms with Gasteiger partial charge in [-0.2, -0.15) is 0 Å². The Bertz CT molecular complexity index is 682. The zero-order valence-corrected chi connectivity index (χ0v) is 16.2. The zero-order valence-electron chi connectivity index (χ0n) is 16.2. The van der Waals surface area contributed by atoms with Gasteiger partial charge in [0.25, 0.3) is 0 Å². The number of ether oxygens (including phenoxy) is 2. The summed E-state index contributed by atoms with van der Waals surface area (Å²) in [6, 6.07) is 18.0. The Morgan fingerprint density at radius 2 is 1.50 bits per heavy atom. The van der Waals surface area contributed by atoms with Crippen LogP contribution in [0.1, 0.15) is 44.0 Å². The van der Waals surface area contributed by atoms with E-state index in [-0.39, 0.29) is 29.9 Å². The monoisotopic (exact) mass is 355 g/mol. The molecule has 0 radical (unpaired) electrons. The van der Waals surface area contributed by atoms with Crippen molar-refractivity contribution in [2.45, 2.75) is 32.9 Å². The molecule has 2 aromatic rings. The van der Waals surface area contributed by atoms with Crippen LogP contribution in [0.15, 0.2) is 54.6 Å². The van der Waals surface area contributed by atoms with Crippen LogP contribution in [0.25, 0.3) is 0 Å². The number of nitrogens with one attached hydrogen (secondary N) is 1. The predicted octanol–water partition coefficient (Wildman–Crippen LogP) is 4.53. The van der Waals surface area contributed by atoms with Crippen LogP contribution in [-0.2, 0) is 9.53 Å². The highest BCUT2D eigenvalue weighted by Gasteiger charge is 2.34. The van der Waals surface area contributed by atoms with Gasteiger partial charge in [-0.3, -0.25) is 4.79 Å². The lowest BCUT2D eigenvalue weighted by atomic mass is 9.83. The smallest absolute Gasteiger partial charge is 0.310 e. The Labute approximate surface area is 156 Å². The Morgan fingerprint density at radius 3 is 2.00 bits per heavy atom. The molecule has 0 fully saturated rings. The third-order valence-electron chi connectivity index (χ3n) is 4.75. The van der Waals surface area contributed by atoms with Gasteiger partial charge in [0, 0.05) is 12.1 Å². The van der Waals surface area contributed by atoms with Gasteiger partial charge < -0.3 is 14.8 Å². The maximum Gasteiger partial charge on any atom is 0.310 e. The second-order valence-corrected chi connectivity index (χ2v) is 6.84. The van der Waals surface area contributed by atoms with Crippen molar-refractivity contribution in [3.63, 3.8) is 0 Å². The van der Waals surface area contributed by atoms with E-state index in [2.05, 4.69) is 24.4 Å². The van der Waals surface area contributed by atoms with Gasteiger partial charge >= 0.3 is 5.97 Å². The van der Waals surface area contributed by atoms with Crippen molar-refractivity contribution in [3.05, 3.63) is 65.7 Å². The molecule has 2 rings (SSSR count). The highest BCUT2D eigenvalue weighted by Crippen LogP contribution is 2.32. The van der Waals surface area contributed by atoms with Gasteiger partial charge in [0.05, 0.1) is 20.1 Å². The van der Waals surface area contributed by atoms with Crippen LogP contribution in [0, 0.1) is 11.8 Å². The van der Waals surface area contributed by atoms with Crippen LogP contribution >= 0.6 is 0 Å². The summed E-state index contributed by atoms with van der Waals surface area (Å²) in [5.74, 6) is 0.431. The van der Waals surface area contributed by atoms with Gasteiger partial charge in [-0.15, -0.1) is 0 Å². The summed E-state index contributed by atoms with van der Waals surface area (Å²) < 4.78 is 10.4. The number of hydrogen-bond donors (Lipinski definition) is 1. The summed E-state index contributed by atoms with van der Waals surface area (Å²) in [5.41, 5.74) is 2.22. The molecule has 2 aromatic carbocycles. The van der Waals surface area contributed by atoms with Crippen molar-refractivity contribution in [3.8, 4) is 5.75 Å². The van der Waals surface area contributed by atoms with Gasteiger partial charge in [-0.05, 0) is 36.1 Å². The van der Waals surface area contributed by atoms with E-state index in [9.17, 15) is 4.79 Å². The van der Waals surface area contributed by atoms with Crippen LogP contribution in [0.2, 0.25) is 0 Å². The molecular weight excluding hydrogens is 326 g/mol. The lowest BCUT2D eigenvalue weighted by molar-refractivity contribution is -0.148. The first-order chi connectivity index (χ1) is 12.5. The summed E-state index contributed by atoms with van der Waals surface area (Å²) in [4.78, 5) is 12.5. The summed E-state index contributed by atoms with van der Waals surface area (Å²) in [6.07, 6.45) is 0. The second kappa shape index (κ2) is 9.39. The Balaban J connectivity index is 2.37. The van der Waals surface area contributed by atoms with E-state index in [1.807, 2.05) is 56.3 Å². The van der Waals surface area contributed by atoms with Crippen molar-refractivity contribution < 1.29 is 14.3 Å². The van der Waals surface area contributed by atoms with E-state index < -0.39 is 0 Å². The zero-order chi connectivity index (χ0) is 19.1. The Morgan fingerprint density at radius 1 is 0.885 bits per heavy atom. The molecule has 26 heavy (non-hydrogen) atoms. The Kier molecular flexibility index (Phi) is 7.22. The molecule has 4 nitrogen and oxygen atoms in total. The molecule has 0 aromatic heterocycles. The second-order valence-electron chi connectivity index (χ2n) is 6.84. The molecule has 140 valence electrons. The van der Waals surface area contributed by atoms with Crippen LogP contribution in [0.3, 0.4) is 0 Å². The maximum absolute atomic E-state index is 12.5. The van der Waals surface area contributed by atoms with Crippen molar-refractivity contribution in [2.24, 2.45) is 11.8 Å². The molecule has 3 atom stereocenters. The normalized spacial score (nSPS) is 14.5. The molecular formula is C22H29NO3. The number of rotatable bonds is 8. The molecule has 0 saturated heterocycles. The highest BCUT2D eigenvalue weighted by molar-refractivity contribution is 5.73. The number of carbonyl (C=O) groups is 1. The van der Waals surface area contributed by atoms with E-state index in [4.69, 9.17) is 9.47 Å². The van der Waals surface area contributed by atoms with E-state index in [0.717, 1.165) is 11.3 Å². The molecule has 0 spiro atoms. The predicted molar refractivity (Wildman–Crippen MR) is 104 cm³/mol. The van der Waals surface area contributed by atoms with Gasteiger partial charge in [0.2, 0.25) is 0 Å². The minimum atomic E-state index is -0.292. The van der Waals surface area contributed by atoms with Crippen molar-refractivity contribution in [1.29, 1.82) is 0 Å². The lowest BCUT2D eigenvalue weighted by Crippen LogP contribution is -2.38. The molecule has 0 heterocycles. The summed E-state index contributed by atoms with van der Waals surface area (Å²) >= 11 is 0. The molecule has 0 aliphatic rings. The fourth-order valence-electron chi connectivity index (χ4n) is 3.25. The molecule has 0 aliphatic carbocycles. The molecule has 0 aliphatic heterocycles. The molecule has 0 unspecified atom stereocenters. The van der Waals surface area contributed by atoms with Gasteiger partial charge in [0.15, 0.2) is 0 Å². The average molecular weight is 355 g/mol. The molecule has 4 heteroatoms. The standard InChI is InChI=1S/C22H29NO3/c1-15(2)20(22(24)26-5)21(18-11-13-19(25-4)14-12-18)23-16(3)17-9-7-6-8-10-17/h6-16,20-21,23H,1-5H3/t16-,20+,21-/m1/s1. The number of methoxy groups -OCH3 is 2. The molecule has 0 amide bonds. The van der Waals surface area contributed by atoms with Crippen LogP contribution in [0.5, 0.6) is 5.75 Å². The third-order valence-corrected chi connectivity index (χ3v) is 4.75. The lowest BCUT2D eigenvalue weighted by Gasteiger charge is -2.32. The average Bonchev–Trinajstić information content (AvgIpc) is 2.67. The van der Waals surface area contributed by atoms with Crippen molar-refractivity contribution >= 4 is 5.97 Å². The fourth-order valence-corrected chi connectivity index (χ4v) is 3.25. The number of carbonyl (C=O) groups excluding carboxylic acids is 1. The van der Waals surface area contributed by atoms with E-state index in [0.29, 0.717) is 0 Å². The van der Waals surface area contributed by atoms with Crippen LogP contribution < -0.4 is 10.1 Å². The van der Waals surface area contributed by atoms with Crippen molar-refractivity contribution in [2.75, 3.05) is 14.2 Å². The summed E-state index contributed by atoms with van der Waals surface area (Å²) in [6.45, 7) is 6.21. The van der Waals surface area contributed by atoms with Crippen LogP contribution in [-0.4, -0.2) is 20.2 Å². The quantitative estimate of drug-likeness (QED) is 0.707. The summed E-state index contributed by atoms with van der Waals surface area (Å²) in [7, 11) is 3.09. The highest BCUT2D eigenvalue weighted by atomic mass is 16.5. The first-order valence-electron chi connectivity index (χ1n) is 9.00. The van der Waals surface area contributed by atoms with Gasteiger partial charge in [-0.25, -0.2) is 0 Å². The topological polar surface area (TPSA) is 47.6 Å². The first-order valence-corrected chi connectivity index (χ1v) is 9.00. The van der Waals surface area contributed by atoms with E-state index in [1.165, 1.54) is 12.7 Å². The largest absolute Gasteiger partial charge is 0.497 e. The SMILES string of the molecule is COC(=O)[C@@H](C(C)C)[C@H](N[C@H](C)c1ccccc1)c1ccc(OC)cc1. The van der Waals surface area contributed by atoms with Crippen molar-refractivity contribution in [1.82, 2.24) is 5.32 Å².